The minimum absolute atomic E-state index is 1.15. The first kappa shape index (κ1) is 40.1. The summed E-state index contributed by atoms with van der Waals surface area (Å²) >= 11 is 0. The maximum Gasteiger partial charge on any atom is 0.179 e. The summed E-state index contributed by atoms with van der Waals surface area (Å²) in [6.07, 6.45) is 0. The number of aromatic nitrogens is 3. The molecule has 0 bridgehead atoms. The van der Waals surface area contributed by atoms with Crippen molar-refractivity contribution in [3.63, 3.8) is 0 Å². The molecule has 0 aliphatic rings. The van der Waals surface area contributed by atoms with Gasteiger partial charge in [0.25, 0.3) is 0 Å². The van der Waals surface area contributed by atoms with Crippen LogP contribution < -0.4 is 20.7 Å². The lowest BCUT2D eigenvalue weighted by molar-refractivity contribution is 1.17. The Balaban J connectivity index is 1.03. The summed E-state index contributed by atoms with van der Waals surface area (Å²) in [5, 5.41) is 12.8. The zero-order valence-electron chi connectivity index (χ0n) is 38.3. The largest absolute Gasteiger partial charge is 0.309 e. The summed E-state index contributed by atoms with van der Waals surface area (Å²) in [7, 11) is -2.80. The van der Waals surface area contributed by atoms with Crippen molar-refractivity contribution in [2.45, 2.75) is 0 Å². The molecule has 3 nitrogen and oxygen atoms in total. The number of hydrogen-bond donors (Lipinski definition) is 0. The fourth-order valence-corrected chi connectivity index (χ4v) is 16.8. The van der Waals surface area contributed by atoms with Crippen molar-refractivity contribution < 1.29 is 0 Å². The highest BCUT2D eigenvalue weighted by Gasteiger charge is 2.41. The topological polar surface area (TPSA) is 14.8 Å². The summed E-state index contributed by atoms with van der Waals surface area (Å²) in [5.41, 5.74) is 13.0. The maximum absolute atomic E-state index is 2.80. The van der Waals surface area contributed by atoms with Crippen LogP contribution in [-0.4, -0.2) is 21.8 Å². The summed E-state index contributed by atoms with van der Waals surface area (Å²) in [6, 6.07) is 101. The van der Waals surface area contributed by atoms with E-state index < -0.39 is 8.07 Å². The molecule has 0 atom stereocenters. The molecule has 0 aliphatic heterocycles. The van der Waals surface area contributed by atoms with E-state index in [0.717, 1.165) is 17.1 Å². The van der Waals surface area contributed by atoms with E-state index in [4.69, 9.17) is 0 Å². The van der Waals surface area contributed by atoms with Crippen molar-refractivity contribution >= 4 is 94.2 Å². The van der Waals surface area contributed by atoms with Gasteiger partial charge >= 0.3 is 0 Å². The molecule has 3 heterocycles. The molecule has 0 N–H and O–H groups in total. The summed E-state index contributed by atoms with van der Waals surface area (Å²) in [4.78, 5) is 0. The van der Waals surface area contributed by atoms with Gasteiger partial charge in [0.2, 0.25) is 0 Å². The highest BCUT2D eigenvalue weighted by atomic mass is 28.3. The Labute approximate surface area is 407 Å². The molecule has 11 aromatic carbocycles. The molecule has 4 heteroatoms. The van der Waals surface area contributed by atoms with Crippen LogP contribution in [0.1, 0.15) is 0 Å². The molecular weight excluding hydrogens is 863 g/mol. The molecule has 0 saturated carbocycles. The van der Waals surface area contributed by atoms with Crippen LogP contribution in [0.3, 0.4) is 0 Å². The SMILES string of the molecule is c1ccc(-n2c3ccccc3c3cccc(-c4cccc5c4c4ccccc4n5-c4cccc5c4c4ccccc4n5-c4cccc([Si](c5ccccc5)(c5ccccc5)c5ccccc5)c4)c32)cc1. The van der Waals surface area contributed by atoms with Gasteiger partial charge in [0.1, 0.15) is 0 Å². The van der Waals surface area contributed by atoms with E-state index in [1.165, 1.54) is 97.3 Å². The van der Waals surface area contributed by atoms with Crippen LogP contribution in [-0.2, 0) is 0 Å². The van der Waals surface area contributed by atoms with Gasteiger partial charge in [-0.05, 0) is 87.0 Å². The normalized spacial score (nSPS) is 12.0. The first-order valence-corrected chi connectivity index (χ1v) is 26.2. The molecular formula is C66H45N3Si. The number of nitrogens with zero attached hydrogens (tertiary/aromatic N) is 3. The Morgan fingerprint density at radius 3 is 1.30 bits per heavy atom. The molecule has 0 unspecified atom stereocenters. The zero-order valence-corrected chi connectivity index (χ0v) is 39.3. The smallest absolute Gasteiger partial charge is 0.179 e. The number of rotatable bonds is 8. The number of benzene rings is 11. The molecule has 0 aliphatic carbocycles. The number of fused-ring (bicyclic) bond motifs is 9. The zero-order chi connectivity index (χ0) is 46.2. The number of hydrogen-bond acceptors (Lipinski definition) is 0. The standard InChI is InChI=1S/C66H45N3Si/c1-5-23-46(24-6-1)68-58-39-16-13-33-52(58)54-37-20-38-55(66(54)68)53-36-21-42-61-64(53)56-34-14-18-41-60(56)69(61)63-44-22-43-62-65(63)57-35-15-17-40-59(57)67(62)47-25-19-32-51(45-47)70(48-26-7-2-8-27-48,49-28-9-3-10-29-49)50-30-11-4-12-31-50/h1-45H. The Morgan fingerprint density at radius 1 is 0.243 bits per heavy atom. The third kappa shape index (κ3) is 5.87. The Hall–Kier alpha value is -8.96. The lowest BCUT2D eigenvalue weighted by Crippen LogP contribution is -2.74. The van der Waals surface area contributed by atoms with Gasteiger partial charge < -0.3 is 13.7 Å². The highest BCUT2D eigenvalue weighted by Crippen LogP contribution is 2.45. The molecule has 70 heavy (non-hydrogen) atoms. The second kappa shape index (κ2) is 16.1. The third-order valence-electron chi connectivity index (χ3n) is 14.8. The van der Waals surface area contributed by atoms with Crippen LogP contribution in [0, 0.1) is 0 Å². The molecule has 0 spiro atoms. The summed E-state index contributed by atoms with van der Waals surface area (Å²) in [5.74, 6) is 0. The van der Waals surface area contributed by atoms with Crippen molar-refractivity contribution in [2.75, 3.05) is 0 Å². The first-order valence-electron chi connectivity index (χ1n) is 24.2. The van der Waals surface area contributed by atoms with E-state index in [0.29, 0.717) is 0 Å². The van der Waals surface area contributed by atoms with Crippen molar-refractivity contribution in [1.29, 1.82) is 0 Å². The number of para-hydroxylation sites is 5. The maximum atomic E-state index is 2.52. The van der Waals surface area contributed by atoms with Crippen LogP contribution >= 0.6 is 0 Å². The molecule has 3 aromatic heterocycles. The van der Waals surface area contributed by atoms with Crippen LogP contribution in [0.4, 0.5) is 0 Å². The van der Waals surface area contributed by atoms with Gasteiger partial charge in [0.05, 0.1) is 38.8 Å². The lowest BCUT2D eigenvalue weighted by Gasteiger charge is -2.34. The Bertz CT molecular complexity index is 4180. The third-order valence-corrected chi connectivity index (χ3v) is 19.5. The van der Waals surface area contributed by atoms with Crippen LogP contribution in [0.15, 0.2) is 273 Å². The first-order chi connectivity index (χ1) is 34.8. The summed E-state index contributed by atoms with van der Waals surface area (Å²) < 4.78 is 7.48. The molecule has 0 saturated heterocycles. The molecule has 0 amide bonds. The van der Waals surface area contributed by atoms with Gasteiger partial charge in [-0.1, -0.05) is 212 Å². The van der Waals surface area contributed by atoms with Crippen molar-refractivity contribution in [3.8, 4) is 28.2 Å². The van der Waals surface area contributed by atoms with E-state index >= 15 is 0 Å². The van der Waals surface area contributed by atoms with Crippen molar-refractivity contribution in [3.05, 3.63) is 273 Å². The van der Waals surface area contributed by atoms with Gasteiger partial charge in [-0.15, -0.1) is 0 Å². The molecule has 14 aromatic rings. The van der Waals surface area contributed by atoms with Crippen molar-refractivity contribution in [1.82, 2.24) is 13.7 Å². The molecule has 0 fully saturated rings. The average molecular weight is 908 g/mol. The molecule has 0 radical (unpaired) electrons. The molecule has 328 valence electrons. The molecule has 14 rings (SSSR count). The van der Waals surface area contributed by atoms with Crippen LogP contribution in [0.5, 0.6) is 0 Å². The summed E-state index contributed by atoms with van der Waals surface area (Å²) in [6.45, 7) is 0. The van der Waals surface area contributed by atoms with Crippen molar-refractivity contribution in [2.24, 2.45) is 0 Å². The van der Waals surface area contributed by atoms with Gasteiger partial charge in [-0.3, -0.25) is 0 Å². The predicted molar refractivity (Wildman–Crippen MR) is 299 cm³/mol. The average Bonchev–Trinajstić information content (AvgIpc) is 4.09. The fraction of sp³-hybridized carbons (Fsp3) is 0. The van der Waals surface area contributed by atoms with E-state index in [9.17, 15) is 0 Å². The highest BCUT2D eigenvalue weighted by molar-refractivity contribution is 7.19. The van der Waals surface area contributed by atoms with Gasteiger partial charge in [-0.25, -0.2) is 0 Å². The lowest BCUT2D eigenvalue weighted by atomic mass is 9.97. The quantitative estimate of drug-likeness (QED) is 0.107. The Kier molecular flexibility index (Phi) is 9.23. The monoisotopic (exact) mass is 907 g/mol. The van der Waals surface area contributed by atoms with Gasteiger partial charge in [0, 0.05) is 49.3 Å². The Morgan fingerprint density at radius 2 is 0.657 bits per heavy atom. The predicted octanol–water partition coefficient (Wildman–Crippen LogP) is 14.0. The van der Waals surface area contributed by atoms with E-state index in [-0.39, 0.29) is 0 Å². The second-order valence-corrected chi connectivity index (χ2v) is 22.2. The van der Waals surface area contributed by atoms with Gasteiger partial charge in [0.15, 0.2) is 8.07 Å². The fourth-order valence-electron chi connectivity index (χ4n) is 12.0. The van der Waals surface area contributed by atoms with Gasteiger partial charge in [-0.2, -0.15) is 0 Å². The van der Waals surface area contributed by atoms with E-state index in [2.05, 4.69) is 287 Å². The minimum atomic E-state index is -2.80. The van der Waals surface area contributed by atoms with E-state index in [1.807, 2.05) is 0 Å². The van der Waals surface area contributed by atoms with Crippen LogP contribution in [0.2, 0.25) is 0 Å². The van der Waals surface area contributed by atoms with Crippen LogP contribution in [0.25, 0.3) is 93.6 Å². The second-order valence-electron chi connectivity index (χ2n) is 18.4. The van der Waals surface area contributed by atoms with E-state index in [1.54, 1.807) is 0 Å². The minimum Gasteiger partial charge on any atom is -0.309 e.